The van der Waals surface area contributed by atoms with Gasteiger partial charge < -0.3 is 0 Å². The van der Waals surface area contributed by atoms with Crippen LogP contribution in [0, 0.1) is 6.92 Å². The average molecular weight is 255 g/mol. The van der Waals surface area contributed by atoms with Crippen molar-refractivity contribution in [2.75, 3.05) is 13.2 Å². The van der Waals surface area contributed by atoms with Crippen LogP contribution in [0.15, 0.2) is 34.2 Å². The molecule has 0 saturated carbocycles. The molecule has 0 aromatic heterocycles. The van der Waals surface area contributed by atoms with Gasteiger partial charge in [-0.25, -0.2) is 9.79 Å². The van der Waals surface area contributed by atoms with Crippen molar-refractivity contribution in [2.24, 2.45) is 4.99 Å². The van der Waals surface area contributed by atoms with Gasteiger partial charge in [0.05, 0.1) is 18.0 Å². The van der Waals surface area contributed by atoms with Gasteiger partial charge in [-0.1, -0.05) is 17.7 Å². The third kappa shape index (κ3) is 4.48. The monoisotopic (exact) mass is 255 g/mol. The van der Waals surface area contributed by atoms with Crippen LogP contribution in [0.4, 0.5) is 0 Å². The smallest absolute Gasteiger partial charge is 0.266 e. The maximum Gasteiger partial charge on any atom is 0.296 e. The van der Waals surface area contributed by atoms with E-state index in [1.165, 1.54) is 18.2 Å². The maximum absolute atomic E-state index is 11.6. The highest BCUT2D eigenvalue weighted by Crippen LogP contribution is 2.13. The van der Waals surface area contributed by atoms with Crippen LogP contribution < -0.4 is 0 Å². The summed E-state index contributed by atoms with van der Waals surface area (Å²) < 4.78 is 28.1. The van der Waals surface area contributed by atoms with Crippen molar-refractivity contribution in [3.05, 3.63) is 29.8 Å². The predicted molar refractivity (Wildman–Crippen MR) is 61.9 cm³/mol. The Labute approximate surface area is 100 Å². The number of rotatable bonds is 6. The second kappa shape index (κ2) is 6.30. The number of aryl methyl sites for hydroxylation is 1. The minimum Gasteiger partial charge on any atom is -0.266 e. The largest absolute Gasteiger partial charge is 0.296 e. The molecular formula is C11H13NO4S. The molecule has 0 aliphatic rings. The third-order valence-electron chi connectivity index (χ3n) is 2.03. The molecule has 1 rings (SSSR count). The Morgan fingerprint density at radius 2 is 1.94 bits per heavy atom. The van der Waals surface area contributed by atoms with Crippen LogP contribution in [-0.4, -0.2) is 27.6 Å². The van der Waals surface area contributed by atoms with Crippen molar-refractivity contribution in [1.29, 1.82) is 0 Å². The first kappa shape index (κ1) is 13.6. The Balaban J connectivity index is 2.57. The first-order chi connectivity index (χ1) is 8.06. The summed E-state index contributed by atoms with van der Waals surface area (Å²) in [6.07, 6.45) is 1.73. The summed E-state index contributed by atoms with van der Waals surface area (Å²) in [5.74, 6) is 0. The van der Waals surface area contributed by atoms with Crippen LogP contribution >= 0.6 is 0 Å². The zero-order chi connectivity index (χ0) is 12.7. The first-order valence-electron chi connectivity index (χ1n) is 5.06. The van der Waals surface area contributed by atoms with Crippen LogP contribution in [-0.2, 0) is 19.1 Å². The van der Waals surface area contributed by atoms with Crippen LogP contribution in [0.1, 0.15) is 12.0 Å². The quantitative estimate of drug-likeness (QED) is 0.333. The van der Waals surface area contributed by atoms with Crippen LogP contribution in [0.3, 0.4) is 0 Å². The van der Waals surface area contributed by atoms with E-state index in [4.69, 9.17) is 4.18 Å². The van der Waals surface area contributed by atoms with Gasteiger partial charge in [-0.15, -0.1) is 0 Å². The second-order valence-electron chi connectivity index (χ2n) is 3.42. The lowest BCUT2D eigenvalue weighted by Crippen LogP contribution is -2.08. The van der Waals surface area contributed by atoms with Crippen molar-refractivity contribution in [2.45, 2.75) is 18.2 Å². The molecule has 0 unspecified atom stereocenters. The SMILES string of the molecule is Cc1ccc(S(=O)(=O)OCCCN=C=O)cc1. The highest BCUT2D eigenvalue weighted by molar-refractivity contribution is 7.86. The van der Waals surface area contributed by atoms with Crippen molar-refractivity contribution in [3.8, 4) is 0 Å². The molecule has 17 heavy (non-hydrogen) atoms. The molecule has 1 aromatic carbocycles. The predicted octanol–water partition coefficient (Wildman–Crippen LogP) is 1.43. The number of hydrogen-bond donors (Lipinski definition) is 0. The van der Waals surface area contributed by atoms with Crippen LogP contribution in [0.5, 0.6) is 0 Å². The van der Waals surface area contributed by atoms with Crippen molar-refractivity contribution in [3.63, 3.8) is 0 Å². The maximum atomic E-state index is 11.6. The Kier molecular flexibility index (Phi) is 5.03. The van der Waals surface area contributed by atoms with Gasteiger partial charge in [-0.05, 0) is 25.5 Å². The normalized spacial score (nSPS) is 10.9. The Morgan fingerprint density at radius 3 is 2.53 bits per heavy atom. The molecule has 0 aliphatic heterocycles. The summed E-state index contributed by atoms with van der Waals surface area (Å²) in [6.45, 7) is 2.09. The summed E-state index contributed by atoms with van der Waals surface area (Å²) in [7, 11) is -3.70. The lowest BCUT2D eigenvalue weighted by Gasteiger charge is -2.04. The van der Waals surface area contributed by atoms with E-state index in [2.05, 4.69) is 4.99 Å². The minimum absolute atomic E-state index is 0.00138. The third-order valence-corrected chi connectivity index (χ3v) is 3.35. The molecule has 0 spiro atoms. The number of benzene rings is 1. The average Bonchev–Trinajstić information content (AvgIpc) is 2.29. The van der Waals surface area contributed by atoms with Gasteiger partial charge in [0, 0.05) is 0 Å². The van der Waals surface area contributed by atoms with Gasteiger partial charge in [-0.3, -0.25) is 4.18 Å². The highest BCUT2D eigenvalue weighted by Gasteiger charge is 2.13. The summed E-state index contributed by atoms with van der Waals surface area (Å²) in [5.41, 5.74) is 0.976. The number of carbonyl (C=O) groups excluding carboxylic acids is 1. The van der Waals surface area contributed by atoms with E-state index in [9.17, 15) is 13.2 Å². The van der Waals surface area contributed by atoms with Crippen molar-refractivity contribution in [1.82, 2.24) is 0 Å². The summed E-state index contributed by atoms with van der Waals surface area (Å²) in [5, 5.41) is 0. The zero-order valence-corrected chi connectivity index (χ0v) is 10.2. The fourth-order valence-electron chi connectivity index (χ4n) is 1.13. The van der Waals surface area contributed by atoms with Crippen LogP contribution in [0.25, 0.3) is 0 Å². The number of isocyanates is 1. The van der Waals surface area contributed by atoms with E-state index < -0.39 is 10.1 Å². The molecule has 0 saturated heterocycles. The molecule has 1 aromatic rings. The van der Waals surface area contributed by atoms with Gasteiger partial charge in [0.2, 0.25) is 6.08 Å². The molecule has 0 atom stereocenters. The van der Waals surface area contributed by atoms with E-state index in [-0.39, 0.29) is 18.0 Å². The van der Waals surface area contributed by atoms with E-state index >= 15 is 0 Å². The van der Waals surface area contributed by atoms with Gasteiger partial charge in [0.25, 0.3) is 10.1 Å². The molecule has 0 aliphatic carbocycles. The van der Waals surface area contributed by atoms with Gasteiger partial charge in [-0.2, -0.15) is 8.42 Å². The highest BCUT2D eigenvalue weighted by atomic mass is 32.2. The Bertz CT molecular complexity index is 501. The molecule has 0 radical (unpaired) electrons. The zero-order valence-electron chi connectivity index (χ0n) is 9.42. The van der Waals surface area contributed by atoms with Gasteiger partial charge in [0.15, 0.2) is 0 Å². The second-order valence-corrected chi connectivity index (χ2v) is 5.03. The van der Waals surface area contributed by atoms with Crippen LogP contribution in [0.2, 0.25) is 0 Å². The Hall–Kier alpha value is -1.49. The molecule has 6 heteroatoms. The first-order valence-corrected chi connectivity index (χ1v) is 6.47. The molecule has 0 heterocycles. The lowest BCUT2D eigenvalue weighted by atomic mass is 10.2. The molecular weight excluding hydrogens is 242 g/mol. The molecule has 0 N–H and O–H groups in total. The number of nitrogens with zero attached hydrogens (tertiary/aromatic N) is 1. The molecule has 5 nitrogen and oxygen atoms in total. The lowest BCUT2D eigenvalue weighted by molar-refractivity contribution is 0.314. The molecule has 0 amide bonds. The summed E-state index contributed by atoms with van der Waals surface area (Å²) >= 11 is 0. The minimum atomic E-state index is -3.70. The fraction of sp³-hybridized carbons (Fsp3) is 0.364. The van der Waals surface area contributed by atoms with Crippen molar-refractivity contribution < 1.29 is 17.4 Å². The number of hydrogen-bond acceptors (Lipinski definition) is 5. The van der Waals surface area contributed by atoms with E-state index in [1.807, 2.05) is 6.92 Å². The van der Waals surface area contributed by atoms with E-state index in [0.29, 0.717) is 6.42 Å². The van der Waals surface area contributed by atoms with Gasteiger partial charge in [0.1, 0.15) is 0 Å². The Morgan fingerprint density at radius 1 is 1.29 bits per heavy atom. The number of aliphatic imine (C=N–C) groups is 1. The topological polar surface area (TPSA) is 72.8 Å². The fourth-order valence-corrected chi connectivity index (χ4v) is 2.07. The van der Waals surface area contributed by atoms with E-state index in [0.717, 1.165) is 5.56 Å². The molecule has 0 bridgehead atoms. The van der Waals surface area contributed by atoms with E-state index in [1.54, 1.807) is 12.1 Å². The van der Waals surface area contributed by atoms with Gasteiger partial charge >= 0.3 is 0 Å². The molecule has 0 fully saturated rings. The summed E-state index contributed by atoms with van der Waals surface area (Å²) in [6, 6.07) is 6.39. The summed E-state index contributed by atoms with van der Waals surface area (Å²) in [4.78, 5) is 13.2. The van der Waals surface area contributed by atoms with Crippen molar-refractivity contribution >= 4 is 16.2 Å². The molecule has 92 valence electrons. The standard InChI is InChI=1S/C11H13NO4S/c1-10-3-5-11(6-4-10)17(14,15)16-8-2-7-12-9-13/h3-6H,2,7-8H2,1H3.